The van der Waals surface area contributed by atoms with E-state index in [9.17, 15) is 14.0 Å². The maximum absolute atomic E-state index is 12.8. The van der Waals surface area contributed by atoms with Crippen LogP contribution in [-0.4, -0.2) is 41.5 Å². The van der Waals surface area contributed by atoms with Gasteiger partial charge in [0.15, 0.2) is 0 Å². The zero-order chi connectivity index (χ0) is 14.8. The fraction of sp³-hybridized carbons (Fsp3) is 0.867. The van der Waals surface area contributed by atoms with Crippen molar-refractivity contribution in [3.8, 4) is 0 Å². The number of carbonyl (C=O) groups excluding carboxylic acids is 2. The maximum Gasteiger partial charge on any atom is 0.246 e. The highest BCUT2D eigenvalue weighted by molar-refractivity contribution is 5.99. The standard InChI is InChI=1S/C15H25FN2O2/c1-3-15(2)14(20)17-12(11-7-5-4-6-8-11)13(19)18(15)10-9-16/h11-12H,3-10H2,1-2H3,(H,17,20). The summed E-state index contributed by atoms with van der Waals surface area (Å²) < 4.78 is 12.8. The van der Waals surface area contributed by atoms with Crippen LogP contribution in [0.25, 0.3) is 0 Å². The zero-order valence-electron chi connectivity index (χ0n) is 12.5. The van der Waals surface area contributed by atoms with Crippen LogP contribution < -0.4 is 5.32 Å². The topological polar surface area (TPSA) is 49.4 Å². The Labute approximate surface area is 120 Å². The van der Waals surface area contributed by atoms with E-state index in [0.29, 0.717) is 6.42 Å². The lowest BCUT2D eigenvalue weighted by atomic mass is 9.80. The summed E-state index contributed by atoms with van der Waals surface area (Å²) in [7, 11) is 0. The summed E-state index contributed by atoms with van der Waals surface area (Å²) in [6, 6.07) is -0.450. The molecule has 4 nitrogen and oxygen atoms in total. The van der Waals surface area contributed by atoms with Crippen LogP contribution in [0.3, 0.4) is 0 Å². The summed E-state index contributed by atoms with van der Waals surface area (Å²) in [6.07, 6.45) is 5.87. The molecule has 1 N–H and O–H groups in total. The van der Waals surface area contributed by atoms with Gasteiger partial charge in [0.05, 0.1) is 6.54 Å². The molecule has 0 bridgehead atoms. The Bertz CT molecular complexity index is 382. The Balaban J connectivity index is 2.21. The number of halogens is 1. The van der Waals surface area contributed by atoms with Crippen molar-refractivity contribution < 1.29 is 14.0 Å². The van der Waals surface area contributed by atoms with E-state index in [0.717, 1.165) is 25.7 Å². The largest absolute Gasteiger partial charge is 0.342 e. The molecule has 2 aliphatic rings. The Hall–Kier alpha value is -1.13. The van der Waals surface area contributed by atoms with Gasteiger partial charge in [0, 0.05) is 0 Å². The minimum atomic E-state index is -0.908. The van der Waals surface area contributed by atoms with Crippen molar-refractivity contribution >= 4 is 11.8 Å². The quantitative estimate of drug-likeness (QED) is 0.859. The van der Waals surface area contributed by atoms with Crippen LogP contribution in [0.5, 0.6) is 0 Å². The van der Waals surface area contributed by atoms with Gasteiger partial charge in [-0.15, -0.1) is 0 Å². The van der Waals surface area contributed by atoms with Crippen LogP contribution in [0.1, 0.15) is 52.4 Å². The molecule has 20 heavy (non-hydrogen) atoms. The molecule has 2 fully saturated rings. The molecule has 0 radical (unpaired) electrons. The van der Waals surface area contributed by atoms with Gasteiger partial charge in [-0.05, 0) is 32.1 Å². The molecule has 1 aliphatic heterocycles. The molecule has 2 rings (SSSR count). The number of piperazine rings is 1. The van der Waals surface area contributed by atoms with Gasteiger partial charge in [-0.1, -0.05) is 26.2 Å². The number of rotatable bonds is 4. The molecule has 5 heteroatoms. The van der Waals surface area contributed by atoms with Gasteiger partial charge in [-0.25, -0.2) is 4.39 Å². The lowest BCUT2D eigenvalue weighted by molar-refractivity contribution is -0.159. The lowest BCUT2D eigenvalue weighted by Crippen LogP contribution is -2.71. The second-order valence-electron chi connectivity index (χ2n) is 6.16. The van der Waals surface area contributed by atoms with Crippen LogP contribution in [0, 0.1) is 5.92 Å². The number of nitrogens with zero attached hydrogens (tertiary/aromatic N) is 1. The average molecular weight is 284 g/mol. The molecule has 114 valence electrons. The molecule has 0 aromatic carbocycles. The first-order valence-electron chi connectivity index (χ1n) is 7.73. The van der Waals surface area contributed by atoms with Gasteiger partial charge in [-0.2, -0.15) is 0 Å². The summed E-state index contributed by atoms with van der Waals surface area (Å²) in [4.78, 5) is 26.5. The summed E-state index contributed by atoms with van der Waals surface area (Å²) in [5.41, 5.74) is -0.908. The summed E-state index contributed by atoms with van der Waals surface area (Å²) in [6.45, 7) is 3.00. The molecule has 2 amide bonds. The number of nitrogens with one attached hydrogen (secondary N) is 1. The average Bonchev–Trinajstić information content (AvgIpc) is 2.48. The Morgan fingerprint density at radius 1 is 1.30 bits per heavy atom. The summed E-state index contributed by atoms with van der Waals surface area (Å²) in [5, 5.41) is 2.91. The van der Waals surface area contributed by atoms with Crippen molar-refractivity contribution in [3.05, 3.63) is 0 Å². The third-order valence-corrected chi connectivity index (χ3v) is 5.02. The van der Waals surface area contributed by atoms with Crippen molar-refractivity contribution in [3.63, 3.8) is 0 Å². The van der Waals surface area contributed by atoms with E-state index in [1.54, 1.807) is 6.92 Å². The molecule has 0 aromatic rings. The maximum atomic E-state index is 12.8. The Morgan fingerprint density at radius 3 is 2.50 bits per heavy atom. The number of carbonyl (C=O) groups is 2. The van der Waals surface area contributed by atoms with E-state index in [2.05, 4.69) is 5.32 Å². The molecule has 1 saturated heterocycles. The van der Waals surface area contributed by atoms with Crippen molar-refractivity contribution in [2.24, 2.45) is 5.92 Å². The van der Waals surface area contributed by atoms with Gasteiger partial charge in [0.25, 0.3) is 0 Å². The molecule has 1 heterocycles. The molecule has 1 saturated carbocycles. The van der Waals surface area contributed by atoms with Gasteiger partial charge in [0.1, 0.15) is 18.3 Å². The third-order valence-electron chi connectivity index (χ3n) is 5.02. The second-order valence-corrected chi connectivity index (χ2v) is 6.16. The summed E-state index contributed by atoms with van der Waals surface area (Å²) in [5.74, 6) is -0.0224. The van der Waals surface area contributed by atoms with Crippen LogP contribution in [-0.2, 0) is 9.59 Å². The predicted molar refractivity (Wildman–Crippen MR) is 74.9 cm³/mol. The molecular formula is C15H25FN2O2. The number of hydrogen-bond donors (Lipinski definition) is 1. The first-order valence-corrected chi connectivity index (χ1v) is 7.73. The third kappa shape index (κ3) is 2.54. The van der Waals surface area contributed by atoms with Crippen molar-refractivity contribution in [1.29, 1.82) is 0 Å². The minimum Gasteiger partial charge on any atom is -0.342 e. The Kier molecular flexibility index (Phi) is 4.66. The smallest absolute Gasteiger partial charge is 0.246 e. The SMILES string of the molecule is CCC1(C)C(=O)NC(C2CCCCC2)C(=O)N1CCF. The van der Waals surface area contributed by atoms with E-state index in [1.807, 2.05) is 6.92 Å². The van der Waals surface area contributed by atoms with Crippen LogP contribution >= 0.6 is 0 Å². The molecule has 2 atom stereocenters. The Morgan fingerprint density at radius 2 is 1.95 bits per heavy atom. The highest BCUT2D eigenvalue weighted by Crippen LogP contribution is 2.32. The fourth-order valence-electron chi connectivity index (χ4n) is 3.47. The zero-order valence-corrected chi connectivity index (χ0v) is 12.5. The highest BCUT2D eigenvalue weighted by atomic mass is 19.1. The van der Waals surface area contributed by atoms with E-state index in [4.69, 9.17) is 0 Å². The minimum absolute atomic E-state index is 0.0137. The predicted octanol–water partition coefficient (Wildman–Crippen LogP) is 2.03. The van der Waals surface area contributed by atoms with E-state index < -0.39 is 18.3 Å². The number of alkyl halides is 1. The van der Waals surface area contributed by atoms with E-state index in [1.165, 1.54) is 11.3 Å². The molecular weight excluding hydrogens is 259 g/mol. The van der Waals surface area contributed by atoms with Gasteiger partial charge in [-0.3, -0.25) is 9.59 Å². The fourth-order valence-corrected chi connectivity index (χ4v) is 3.47. The lowest BCUT2D eigenvalue weighted by Gasteiger charge is -2.47. The van der Waals surface area contributed by atoms with Gasteiger partial charge < -0.3 is 10.2 Å². The molecule has 0 aromatic heterocycles. The van der Waals surface area contributed by atoms with Crippen molar-refractivity contribution in [2.75, 3.05) is 13.2 Å². The second kappa shape index (κ2) is 6.10. The molecule has 0 spiro atoms. The first kappa shape index (κ1) is 15.3. The van der Waals surface area contributed by atoms with Gasteiger partial charge in [0.2, 0.25) is 11.8 Å². The molecule has 1 aliphatic carbocycles. The normalized spacial score (nSPS) is 32.4. The number of amides is 2. The van der Waals surface area contributed by atoms with Crippen LogP contribution in [0.15, 0.2) is 0 Å². The van der Waals surface area contributed by atoms with Crippen molar-refractivity contribution in [2.45, 2.75) is 64.0 Å². The first-order chi connectivity index (χ1) is 9.54. The van der Waals surface area contributed by atoms with Crippen LogP contribution in [0.4, 0.5) is 4.39 Å². The molecule has 2 unspecified atom stereocenters. The summed E-state index contributed by atoms with van der Waals surface area (Å²) >= 11 is 0. The van der Waals surface area contributed by atoms with E-state index in [-0.39, 0.29) is 24.3 Å². The number of hydrogen-bond acceptors (Lipinski definition) is 2. The monoisotopic (exact) mass is 284 g/mol. The van der Waals surface area contributed by atoms with Crippen molar-refractivity contribution in [1.82, 2.24) is 10.2 Å². The van der Waals surface area contributed by atoms with Crippen LogP contribution in [0.2, 0.25) is 0 Å². The van der Waals surface area contributed by atoms with Gasteiger partial charge >= 0.3 is 0 Å². The van der Waals surface area contributed by atoms with E-state index >= 15 is 0 Å². The highest BCUT2D eigenvalue weighted by Gasteiger charge is 2.49.